The van der Waals surface area contributed by atoms with E-state index in [0.29, 0.717) is 29.0 Å². The predicted octanol–water partition coefficient (Wildman–Crippen LogP) is 4.96. The van der Waals surface area contributed by atoms with Gasteiger partial charge in [-0.3, -0.25) is 14.4 Å². The first-order chi connectivity index (χ1) is 16.2. The lowest BCUT2D eigenvalue weighted by atomic mass is 9.78. The second-order valence-corrected chi connectivity index (χ2v) is 10.8. The lowest BCUT2D eigenvalue weighted by molar-refractivity contribution is -0.134. The summed E-state index contributed by atoms with van der Waals surface area (Å²) in [6.45, 7) is 2.81. The van der Waals surface area contributed by atoms with Crippen molar-refractivity contribution in [2.24, 2.45) is 18.9 Å². The highest BCUT2D eigenvalue weighted by Gasteiger charge is 2.29. The molecule has 0 N–H and O–H groups in total. The fourth-order valence-electron chi connectivity index (χ4n) is 4.96. The Morgan fingerprint density at radius 3 is 2.71 bits per heavy atom. The third-order valence-corrected chi connectivity index (χ3v) is 8.11. The Kier molecular flexibility index (Phi) is 8.29. The van der Waals surface area contributed by atoms with Crippen LogP contribution in [0.5, 0.6) is 5.75 Å². The Hall–Kier alpha value is -1.94. The molecule has 0 radical (unpaired) electrons. The quantitative estimate of drug-likeness (QED) is 0.463. The SMILES string of the molecule is Cn1cc(OCC(=O)CC2CCC(CCN3CCc4sc(CCC(F)(F)F)nc4C3)CC2)cn1. The monoisotopic (exact) mass is 498 g/mol. The molecule has 6 nitrogen and oxygen atoms in total. The van der Waals surface area contributed by atoms with Crippen molar-refractivity contribution in [3.8, 4) is 5.75 Å². The molecule has 2 aromatic heterocycles. The molecule has 2 aliphatic rings. The summed E-state index contributed by atoms with van der Waals surface area (Å²) in [5, 5.41) is 4.65. The molecule has 34 heavy (non-hydrogen) atoms. The highest BCUT2D eigenvalue weighted by Crippen LogP contribution is 2.34. The van der Waals surface area contributed by atoms with Gasteiger partial charge in [0.25, 0.3) is 0 Å². The van der Waals surface area contributed by atoms with Gasteiger partial charge in [0.2, 0.25) is 0 Å². The number of fused-ring (bicyclic) bond motifs is 1. The number of hydrogen-bond donors (Lipinski definition) is 0. The van der Waals surface area contributed by atoms with Crippen molar-refractivity contribution in [3.05, 3.63) is 28.0 Å². The first-order valence-corrected chi connectivity index (χ1v) is 12.9. The minimum atomic E-state index is -4.13. The number of aryl methyl sites for hydroxylation is 2. The van der Waals surface area contributed by atoms with E-state index in [4.69, 9.17) is 4.74 Å². The standard InChI is InChI=1S/C24H33F3N4O2S/c1-30-14-20(13-28-30)33-16-19(32)12-18-4-2-17(3-5-18)7-10-31-11-8-22-21(15-31)29-23(34-22)6-9-24(25,26)27/h13-14,17-18H,2-12,15-16H2,1H3. The summed E-state index contributed by atoms with van der Waals surface area (Å²) in [6.07, 6.45) is 5.51. The van der Waals surface area contributed by atoms with Crippen molar-refractivity contribution in [2.45, 2.75) is 70.5 Å². The van der Waals surface area contributed by atoms with Gasteiger partial charge in [-0.15, -0.1) is 11.3 Å². The van der Waals surface area contributed by atoms with Gasteiger partial charge in [-0.1, -0.05) is 12.8 Å². The number of nitrogens with zero attached hydrogens (tertiary/aromatic N) is 4. The number of hydrogen-bond acceptors (Lipinski definition) is 6. The van der Waals surface area contributed by atoms with Crippen LogP contribution in [0, 0.1) is 11.8 Å². The zero-order valence-electron chi connectivity index (χ0n) is 19.6. The number of halogens is 3. The van der Waals surface area contributed by atoms with E-state index in [0.717, 1.165) is 68.7 Å². The number of thiazole rings is 1. The molecule has 1 fully saturated rings. The number of carbonyl (C=O) groups is 1. The minimum Gasteiger partial charge on any atom is -0.483 e. The van der Waals surface area contributed by atoms with Crippen LogP contribution in [0.25, 0.3) is 0 Å². The molecule has 0 bridgehead atoms. The summed E-state index contributed by atoms with van der Waals surface area (Å²) in [5.74, 6) is 1.90. The summed E-state index contributed by atoms with van der Waals surface area (Å²) in [4.78, 5) is 20.3. The van der Waals surface area contributed by atoms with Crippen LogP contribution in [0.1, 0.15) is 60.5 Å². The molecule has 188 valence electrons. The van der Waals surface area contributed by atoms with Crippen molar-refractivity contribution in [3.63, 3.8) is 0 Å². The summed E-state index contributed by atoms with van der Waals surface area (Å²) in [5.41, 5.74) is 0.976. The van der Waals surface area contributed by atoms with E-state index in [1.54, 1.807) is 17.1 Å². The molecule has 1 aliphatic heterocycles. The van der Waals surface area contributed by atoms with Crippen molar-refractivity contribution < 1.29 is 22.7 Å². The van der Waals surface area contributed by atoms with Crippen LogP contribution in [0.15, 0.2) is 12.4 Å². The second kappa shape index (κ2) is 11.2. The topological polar surface area (TPSA) is 60.2 Å². The second-order valence-electron chi connectivity index (χ2n) is 9.68. The van der Waals surface area contributed by atoms with E-state index < -0.39 is 12.6 Å². The van der Waals surface area contributed by atoms with Crippen LogP contribution < -0.4 is 4.74 Å². The molecule has 0 atom stereocenters. The number of rotatable bonds is 10. The molecule has 10 heteroatoms. The van der Waals surface area contributed by atoms with E-state index in [1.807, 2.05) is 7.05 Å². The maximum Gasteiger partial charge on any atom is 0.389 e. The number of ketones is 1. The van der Waals surface area contributed by atoms with Gasteiger partial charge in [0.05, 0.1) is 23.1 Å². The molecule has 1 saturated carbocycles. The maximum atomic E-state index is 12.5. The summed E-state index contributed by atoms with van der Waals surface area (Å²) in [7, 11) is 1.81. The maximum absolute atomic E-state index is 12.5. The molecule has 4 rings (SSSR count). The highest BCUT2D eigenvalue weighted by atomic mass is 32.1. The van der Waals surface area contributed by atoms with E-state index in [-0.39, 0.29) is 18.8 Å². The molecule has 3 heterocycles. The van der Waals surface area contributed by atoms with Crippen LogP contribution in [-0.4, -0.2) is 51.3 Å². The lowest BCUT2D eigenvalue weighted by Gasteiger charge is -2.31. The fraction of sp³-hybridized carbons (Fsp3) is 0.708. The van der Waals surface area contributed by atoms with E-state index in [1.165, 1.54) is 11.3 Å². The van der Waals surface area contributed by atoms with Gasteiger partial charge in [0, 0.05) is 44.3 Å². The van der Waals surface area contributed by atoms with Crippen molar-refractivity contribution in [2.75, 3.05) is 19.7 Å². The van der Waals surface area contributed by atoms with Crippen molar-refractivity contribution >= 4 is 17.1 Å². The smallest absolute Gasteiger partial charge is 0.389 e. The van der Waals surface area contributed by atoms with Crippen molar-refractivity contribution in [1.82, 2.24) is 19.7 Å². The predicted molar refractivity (Wildman–Crippen MR) is 124 cm³/mol. The van der Waals surface area contributed by atoms with Gasteiger partial charge in [-0.2, -0.15) is 18.3 Å². The van der Waals surface area contributed by atoms with Gasteiger partial charge in [0.1, 0.15) is 6.61 Å². The average molecular weight is 499 g/mol. The summed E-state index contributed by atoms with van der Waals surface area (Å²) >= 11 is 1.45. The zero-order chi connectivity index (χ0) is 24.1. The van der Waals surface area contributed by atoms with Gasteiger partial charge in [-0.25, -0.2) is 4.98 Å². The average Bonchev–Trinajstić information content (AvgIpc) is 3.40. The first kappa shape index (κ1) is 25.2. The Morgan fingerprint density at radius 1 is 1.24 bits per heavy atom. The lowest BCUT2D eigenvalue weighted by Crippen LogP contribution is -2.32. The van der Waals surface area contributed by atoms with Gasteiger partial charge >= 0.3 is 6.18 Å². The Bertz CT molecular complexity index is 950. The van der Waals surface area contributed by atoms with Crippen LogP contribution in [0.2, 0.25) is 0 Å². The minimum absolute atomic E-state index is 0.0114. The molecular weight excluding hydrogens is 465 g/mol. The number of ether oxygens (including phenoxy) is 1. The third kappa shape index (κ3) is 7.53. The van der Waals surface area contributed by atoms with Gasteiger partial charge in [-0.05, 0) is 44.1 Å². The Balaban J connectivity index is 1.12. The number of carbonyl (C=O) groups excluding carboxylic acids is 1. The molecule has 2 aromatic rings. The van der Waals surface area contributed by atoms with E-state index in [9.17, 15) is 18.0 Å². The largest absolute Gasteiger partial charge is 0.483 e. The summed E-state index contributed by atoms with van der Waals surface area (Å²) in [6, 6.07) is 0. The molecule has 0 spiro atoms. The molecule has 0 saturated heterocycles. The van der Waals surface area contributed by atoms with Crippen LogP contribution in [0.3, 0.4) is 0 Å². The zero-order valence-corrected chi connectivity index (χ0v) is 20.5. The van der Waals surface area contributed by atoms with E-state index >= 15 is 0 Å². The number of Topliss-reactive ketones (excluding diaryl/α,β-unsaturated/α-hetero) is 1. The normalized spacial score (nSPS) is 21.4. The van der Waals surface area contributed by atoms with Crippen LogP contribution in [-0.2, 0) is 31.2 Å². The molecular formula is C24H33F3N4O2S. The third-order valence-electron chi connectivity index (χ3n) is 6.89. The van der Waals surface area contributed by atoms with Crippen LogP contribution >= 0.6 is 11.3 Å². The molecule has 0 unspecified atom stereocenters. The highest BCUT2D eigenvalue weighted by molar-refractivity contribution is 7.11. The van der Waals surface area contributed by atoms with Crippen LogP contribution in [0.4, 0.5) is 13.2 Å². The van der Waals surface area contributed by atoms with Crippen molar-refractivity contribution in [1.29, 1.82) is 0 Å². The van der Waals surface area contributed by atoms with Gasteiger partial charge in [0.15, 0.2) is 11.5 Å². The van der Waals surface area contributed by atoms with E-state index in [2.05, 4.69) is 15.0 Å². The fourth-order valence-corrected chi connectivity index (χ4v) is 6.03. The first-order valence-electron chi connectivity index (χ1n) is 12.1. The number of aromatic nitrogens is 3. The summed E-state index contributed by atoms with van der Waals surface area (Å²) < 4.78 is 44.6. The molecule has 1 aliphatic carbocycles. The molecule has 0 amide bonds. The Morgan fingerprint density at radius 2 is 2.00 bits per heavy atom. The molecule has 0 aromatic carbocycles. The Labute approximate surface area is 202 Å². The van der Waals surface area contributed by atoms with Gasteiger partial charge < -0.3 is 4.74 Å². The number of alkyl halides is 3.